The third-order valence-corrected chi connectivity index (χ3v) is 13.7. The SMILES string of the molecule is CC1=CCC(Cl)=C1C.Cc1ccn(C)c1C.Cc1ccn(C)c1C.Cc1cn(C)c(C)c1C.Cc1cn(C)c(C)c1C.Cc1coc(C)c1C.Cc1scc(Cl)c1C. The highest BCUT2D eigenvalue weighted by atomic mass is 35.5. The van der Waals surface area contributed by atoms with E-state index in [1.807, 2.05) is 26.2 Å². The molecule has 0 bridgehead atoms. The van der Waals surface area contributed by atoms with Crippen molar-refractivity contribution < 1.29 is 4.42 Å². The number of aryl methyl sites for hydroxylation is 11. The molecule has 1 aliphatic carbocycles. The highest BCUT2D eigenvalue weighted by molar-refractivity contribution is 7.10. The number of allylic oxidation sites excluding steroid dienone is 4. The third kappa shape index (κ3) is 15.7. The van der Waals surface area contributed by atoms with Crippen molar-refractivity contribution in [3.63, 3.8) is 0 Å². The quantitative estimate of drug-likeness (QED) is 0.150. The summed E-state index contributed by atoms with van der Waals surface area (Å²) in [7, 11) is 8.27. The molecule has 8 heteroatoms. The van der Waals surface area contributed by atoms with E-state index in [0.29, 0.717) is 0 Å². The van der Waals surface area contributed by atoms with E-state index in [9.17, 15) is 0 Å². The Morgan fingerprint density at radius 2 is 0.948 bits per heavy atom. The van der Waals surface area contributed by atoms with Gasteiger partial charge in [-0.15, -0.1) is 11.3 Å². The first-order chi connectivity index (χ1) is 26.8. The highest BCUT2D eigenvalue weighted by Crippen LogP contribution is 2.27. The minimum atomic E-state index is 0.896. The van der Waals surface area contributed by atoms with Gasteiger partial charge in [0, 0.05) is 97.5 Å². The Morgan fingerprint density at radius 3 is 1.03 bits per heavy atom. The van der Waals surface area contributed by atoms with Gasteiger partial charge in [0.25, 0.3) is 0 Å². The smallest absolute Gasteiger partial charge is 0.103 e. The van der Waals surface area contributed by atoms with E-state index in [2.05, 4.69) is 186 Å². The summed E-state index contributed by atoms with van der Waals surface area (Å²) in [5.41, 5.74) is 20.1. The number of thiophene rings is 1. The van der Waals surface area contributed by atoms with Crippen LogP contribution in [0.5, 0.6) is 0 Å². The van der Waals surface area contributed by atoms with E-state index in [-0.39, 0.29) is 0 Å². The molecule has 0 saturated heterocycles. The number of hydrogen-bond acceptors (Lipinski definition) is 2. The molecule has 0 spiro atoms. The number of rotatable bonds is 0. The van der Waals surface area contributed by atoms with E-state index in [1.165, 1.54) is 88.9 Å². The zero-order valence-corrected chi connectivity index (χ0v) is 42.1. The normalized spacial score (nSPS) is 11.3. The van der Waals surface area contributed by atoms with Crippen molar-refractivity contribution in [3.8, 4) is 0 Å². The molecule has 0 unspecified atom stereocenters. The summed E-state index contributed by atoms with van der Waals surface area (Å²) in [6.45, 7) is 35.7. The van der Waals surface area contributed by atoms with Crippen LogP contribution in [0.2, 0.25) is 5.02 Å². The Labute approximate surface area is 367 Å². The Balaban J connectivity index is 0.000000339. The van der Waals surface area contributed by atoms with Gasteiger partial charge >= 0.3 is 0 Å². The van der Waals surface area contributed by atoms with Crippen LogP contribution in [0.4, 0.5) is 0 Å². The Morgan fingerprint density at radius 1 is 0.517 bits per heavy atom. The molecule has 0 aliphatic heterocycles. The topological polar surface area (TPSA) is 32.9 Å². The molecule has 0 saturated carbocycles. The maximum absolute atomic E-state index is 5.79. The van der Waals surface area contributed by atoms with Crippen LogP contribution in [0.25, 0.3) is 0 Å². The van der Waals surface area contributed by atoms with Gasteiger partial charge in [0.2, 0.25) is 0 Å². The first kappa shape index (κ1) is 52.2. The molecule has 1 aliphatic rings. The molecule has 58 heavy (non-hydrogen) atoms. The van der Waals surface area contributed by atoms with Crippen LogP contribution < -0.4 is 0 Å². The van der Waals surface area contributed by atoms with Crippen LogP contribution in [0.1, 0.15) is 104 Å². The standard InChI is InChI=1S/2C8H13N.C7H9Cl.2C7H11N.C7H10O.C6H7ClS/c2*1-6-5-9(4)8(3)7(6)2;1-5-3-4-7(8)6(5)2;2*1-6-4-5-8(3)7(6)2;1-5-4-8-7(3)6(5)2;1-4-5(2)8-3-6(4)7/h2*5H,1-4H3;3H,4H2,1-2H3;2*4-5H,1-3H3;4H,1-3H3;3H,1-2H3. The average Bonchev–Trinajstić information content (AvgIpc) is 4.02. The van der Waals surface area contributed by atoms with Crippen LogP contribution in [-0.2, 0) is 28.2 Å². The maximum Gasteiger partial charge on any atom is 0.103 e. The second-order valence-electron chi connectivity index (χ2n) is 15.6. The molecule has 5 nitrogen and oxygen atoms in total. The van der Waals surface area contributed by atoms with Crippen molar-refractivity contribution >= 4 is 34.5 Å². The van der Waals surface area contributed by atoms with Gasteiger partial charge in [-0.2, -0.15) is 0 Å². The van der Waals surface area contributed by atoms with Crippen molar-refractivity contribution in [2.45, 2.75) is 124 Å². The van der Waals surface area contributed by atoms with Crippen LogP contribution in [0.15, 0.2) is 75.2 Å². The van der Waals surface area contributed by atoms with E-state index in [0.717, 1.165) is 22.2 Å². The van der Waals surface area contributed by atoms with E-state index in [4.69, 9.17) is 27.6 Å². The van der Waals surface area contributed by atoms with Gasteiger partial charge in [0.05, 0.1) is 11.3 Å². The number of aromatic nitrogens is 4. The molecule has 0 N–H and O–H groups in total. The summed E-state index contributed by atoms with van der Waals surface area (Å²) in [6.07, 6.45) is 13.3. The molecular formula is C50H74Cl2N4OS. The lowest BCUT2D eigenvalue weighted by Gasteiger charge is -1.93. The van der Waals surface area contributed by atoms with Gasteiger partial charge in [0.1, 0.15) is 5.76 Å². The van der Waals surface area contributed by atoms with E-state index < -0.39 is 0 Å². The molecule has 0 amide bonds. The van der Waals surface area contributed by atoms with E-state index >= 15 is 0 Å². The molecule has 0 fully saturated rings. The van der Waals surface area contributed by atoms with Gasteiger partial charge in [-0.25, -0.2) is 0 Å². The molecule has 0 aromatic carbocycles. The Bertz CT molecular complexity index is 1900. The van der Waals surface area contributed by atoms with Crippen molar-refractivity contribution in [3.05, 3.63) is 159 Å². The fraction of sp³-hybridized carbons (Fsp3) is 0.440. The van der Waals surface area contributed by atoms with Crippen molar-refractivity contribution in [1.82, 2.24) is 18.3 Å². The van der Waals surface area contributed by atoms with Gasteiger partial charge in [-0.1, -0.05) is 34.9 Å². The maximum atomic E-state index is 5.79. The summed E-state index contributed by atoms with van der Waals surface area (Å²) >= 11 is 13.2. The zero-order chi connectivity index (χ0) is 44.8. The van der Waals surface area contributed by atoms with Gasteiger partial charge in [-0.3, -0.25) is 0 Å². The van der Waals surface area contributed by atoms with Crippen LogP contribution in [0.3, 0.4) is 0 Å². The molecule has 6 aromatic rings. The van der Waals surface area contributed by atoms with Gasteiger partial charge in [-0.05, 0) is 185 Å². The lowest BCUT2D eigenvalue weighted by molar-refractivity contribution is 0.530. The second-order valence-corrected chi connectivity index (χ2v) is 17.6. The first-order valence-corrected chi connectivity index (χ1v) is 21.6. The first-order valence-electron chi connectivity index (χ1n) is 19.9. The molecule has 6 heterocycles. The summed E-state index contributed by atoms with van der Waals surface area (Å²) < 4.78 is 13.7. The average molecular weight is 850 g/mol. The predicted octanol–water partition coefficient (Wildman–Crippen LogP) is 15.3. The molecule has 6 aromatic heterocycles. The fourth-order valence-electron chi connectivity index (χ4n) is 5.42. The number of halogens is 2. The molecule has 7 rings (SSSR count). The number of hydrogen-bond donors (Lipinski definition) is 0. The minimum Gasteiger partial charge on any atom is -0.469 e. The summed E-state index contributed by atoms with van der Waals surface area (Å²) in [5, 5.41) is 3.86. The van der Waals surface area contributed by atoms with Crippen LogP contribution in [-0.4, -0.2) is 18.3 Å². The summed E-state index contributed by atoms with van der Waals surface area (Å²) in [4.78, 5) is 1.31. The fourth-order valence-corrected chi connectivity index (χ4v) is 6.72. The lowest BCUT2D eigenvalue weighted by Crippen LogP contribution is -1.87. The van der Waals surface area contributed by atoms with E-state index in [1.54, 1.807) is 17.6 Å². The number of furan rings is 1. The van der Waals surface area contributed by atoms with Crippen molar-refractivity contribution in [2.75, 3.05) is 0 Å². The molecule has 0 radical (unpaired) electrons. The van der Waals surface area contributed by atoms with Gasteiger partial charge in [0.15, 0.2) is 0 Å². The van der Waals surface area contributed by atoms with Crippen molar-refractivity contribution in [2.24, 2.45) is 28.2 Å². The summed E-state index contributed by atoms with van der Waals surface area (Å²) in [6, 6.07) is 4.24. The Hall–Kier alpha value is -3.84. The molecular weight excluding hydrogens is 776 g/mol. The zero-order valence-electron chi connectivity index (χ0n) is 39.8. The minimum absolute atomic E-state index is 0.896. The molecule has 0 atom stereocenters. The van der Waals surface area contributed by atoms with Crippen LogP contribution >= 0.6 is 34.5 Å². The Kier molecular flexibility index (Phi) is 21.9. The monoisotopic (exact) mass is 848 g/mol. The largest absolute Gasteiger partial charge is 0.469 e. The highest BCUT2D eigenvalue weighted by Gasteiger charge is 2.06. The number of nitrogens with zero attached hydrogens (tertiary/aromatic N) is 4. The lowest BCUT2D eigenvalue weighted by atomic mass is 10.2. The third-order valence-electron chi connectivity index (χ3n) is 11.7. The second kappa shape index (κ2) is 24.3. The van der Waals surface area contributed by atoms with Crippen molar-refractivity contribution in [1.29, 1.82) is 0 Å². The predicted molar refractivity (Wildman–Crippen MR) is 258 cm³/mol. The summed E-state index contributed by atoms with van der Waals surface area (Å²) in [5.74, 6) is 1.03. The van der Waals surface area contributed by atoms with Crippen LogP contribution in [0, 0.1) is 104 Å². The molecule has 320 valence electrons. The van der Waals surface area contributed by atoms with Gasteiger partial charge < -0.3 is 22.7 Å².